The molecule has 1 aliphatic carbocycles. The van der Waals surface area contributed by atoms with E-state index in [-0.39, 0.29) is 30.3 Å². The fraction of sp³-hybridized carbons (Fsp3) is 0.588. The van der Waals surface area contributed by atoms with Crippen molar-refractivity contribution in [2.24, 2.45) is 17.3 Å². The first-order valence-electron chi connectivity index (χ1n) is 16.4. The van der Waals surface area contributed by atoms with Crippen LogP contribution in [0.15, 0.2) is 36.9 Å². The Bertz CT molecular complexity index is 1350. The molecule has 7 amide bonds. The number of nitrogens with one attached hydrogen (secondary N) is 5. The van der Waals surface area contributed by atoms with Crippen LogP contribution in [0.2, 0.25) is 0 Å². The normalized spacial score (nSPS) is 20.8. The summed E-state index contributed by atoms with van der Waals surface area (Å²) < 4.78 is 0. The second-order valence-electron chi connectivity index (χ2n) is 14.0. The molecule has 2 heterocycles. The summed E-state index contributed by atoms with van der Waals surface area (Å²) >= 11 is 0. The topological polar surface area (TPSA) is 169 Å². The largest absolute Gasteiger partial charge is 0.347 e. The lowest BCUT2D eigenvalue weighted by Crippen LogP contribution is -2.61. The summed E-state index contributed by atoms with van der Waals surface area (Å²) in [7, 11) is 0. The second-order valence-corrected chi connectivity index (χ2v) is 14.0. The Hall–Kier alpha value is -4.42. The predicted molar refractivity (Wildman–Crippen MR) is 176 cm³/mol. The van der Waals surface area contributed by atoms with Crippen molar-refractivity contribution in [1.29, 1.82) is 0 Å². The first kappa shape index (κ1) is 35.4. The number of likely N-dealkylation sites (tertiary alicyclic amines) is 1. The number of rotatable bonds is 12. The highest BCUT2D eigenvalue weighted by Crippen LogP contribution is 2.32. The zero-order chi connectivity index (χ0) is 34.3. The van der Waals surface area contributed by atoms with Gasteiger partial charge in [0.25, 0.3) is 5.91 Å². The van der Waals surface area contributed by atoms with Gasteiger partial charge in [-0.25, -0.2) is 9.59 Å². The number of amides is 7. The minimum absolute atomic E-state index is 0.00231. The molecule has 0 aromatic heterocycles. The maximum absolute atomic E-state index is 14.4. The SMILES string of the molecule is C=CCNC(=O)C(=O)CNC(=O)[C@@H]1C[C@@H](C)CN1C(=O)[C@@H](NC(=O)N[C@H](CN1CCCNC1=O)C(C)(C)C)C1Cc2ccccc2C1. The van der Waals surface area contributed by atoms with Crippen LogP contribution in [0.3, 0.4) is 0 Å². The third kappa shape index (κ3) is 9.11. The van der Waals surface area contributed by atoms with Gasteiger partial charge < -0.3 is 36.4 Å². The molecule has 2 saturated heterocycles. The van der Waals surface area contributed by atoms with Gasteiger partial charge in [-0.15, -0.1) is 6.58 Å². The van der Waals surface area contributed by atoms with Crippen molar-refractivity contribution in [1.82, 2.24) is 36.4 Å². The average Bonchev–Trinajstić information content (AvgIpc) is 3.64. The fourth-order valence-electron chi connectivity index (χ4n) is 6.51. The second kappa shape index (κ2) is 15.4. The van der Waals surface area contributed by atoms with Gasteiger partial charge >= 0.3 is 12.1 Å². The quantitative estimate of drug-likeness (QED) is 0.168. The Kier molecular flexibility index (Phi) is 11.6. The van der Waals surface area contributed by atoms with Crippen molar-refractivity contribution < 1.29 is 28.8 Å². The number of carbonyl (C=O) groups is 6. The molecule has 4 rings (SSSR count). The van der Waals surface area contributed by atoms with E-state index >= 15 is 0 Å². The number of urea groups is 2. The van der Waals surface area contributed by atoms with E-state index in [4.69, 9.17) is 0 Å². The van der Waals surface area contributed by atoms with Crippen molar-refractivity contribution >= 4 is 35.6 Å². The van der Waals surface area contributed by atoms with Crippen LogP contribution in [0.25, 0.3) is 0 Å². The van der Waals surface area contributed by atoms with Crippen molar-refractivity contribution in [3.05, 3.63) is 48.0 Å². The molecular formula is C34H49N7O6. The van der Waals surface area contributed by atoms with E-state index in [2.05, 4.69) is 33.2 Å². The monoisotopic (exact) mass is 651 g/mol. The summed E-state index contributed by atoms with van der Waals surface area (Å²) in [6.07, 6.45) is 3.79. The highest BCUT2D eigenvalue weighted by Gasteiger charge is 2.44. The highest BCUT2D eigenvalue weighted by molar-refractivity contribution is 6.37. The molecule has 13 nitrogen and oxygen atoms in total. The number of nitrogens with zero attached hydrogens (tertiary/aromatic N) is 2. The number of Topliss-reactive ketones (excluding diaryl/α,β-unsaturated/α-hetero) is 1. The summed E-state index contributed by atoms with van der Waals surface area (Å²) in [5, 5.41) is 13.8. The molecule has 1 aromatic carbocycles. The Labute approximate surface area is 276 Å². The van der Waals surface area contributed by atoms with Gasteiger partial charge in [0, 0.05) is 32.7 Å². The van der Waals surface area contributed by atoms with Gasteiger partial charge in [0.1, 0.15) is 12.1 Å². The minimum Gasteiger partial charge on any atom is -0.347 e. The summed E-state index contributed by atoms with van der Waals surface area (Å²) in [4.78, 5) is 81.3. The Morgan fingerprint density at radius 3 is 2.36 bits per heavy atom. The van der Waals surface area contributed by atoms with Crippen molar-refractivity contribution in [3.63, 3.8) is 0 Å². The standard InChI is InChI=1S/C34H49N7O6/c1-6-12-35-30(44)26(42)18-37-29(43)25-15-21(2)19-41(25)31(45)28(24-16-22-10-7-8-11-23(22)17-24)39-32(46)38-27(34(3,4)5)20-40-14-9-13-36-33(40)47/h6-8,10-11,21,24-25,27-28H,1,9,12-20H2,2-5H3,(H,35,44)(H,36,47)(H,37,43)(H2,38,39,46)/t21-,25+,27-,28+/m1/s1. The lowest BCUT2D eigenvalue weighted by atomic mass is 9.86. The Morgan fingerprint density at radius 2 is 1.74 bits per heavy atom. The van der Waals surface area contributed by atoms with Gasteiger partial charge in [-0.3, -0.25) is 19.2 Å². The van der Waals surface area contributed by atoms with Crippen molar-refractivity contribution in [3.8, 4) is 0 Å². The number of hydrogen-bond donors (Lipinski definition) is 5. The van der Waals surface area contributed by atoms with Crippen LogP contribution in [0.5, 0.6) is 0 Å². The summed E-state index contributed by atoms with van der Waals surface area (Å²) in [6, 6.07) is 5.03. The molecule has 47 heavy (non-hydrogen) atoms. The fourth-order valence-corrected chi connectivity index (χ4v) is 6.51. The molecule has 2 aliphatic heterocycles. The highest BCUT2D eigenvalue weighted by atomic mass is 16.2. The first-order chi connectivity index (χ1) is 22.3. The van der Waals surface area contributed by atoms with Gasteiger partial charge in [0.2, 0.25) is 17.6 Å². The van der Waals surface area contributed by atoms with E-state index < -0.39 is 53.7 Å². The van der Waals surface area contributed by atoms with E-state index in [0.29, 0.717) is 45.4 Å². The van der Waals surface area contributed by atoms with Gasteiger partial charge in [-0.05, 0) is 54.1 Å². The summed E-state index contributed by atoms with van der Waals surface area (Å²) in [6.45, 7) is 12.8. The van der Waals surface area contributed by atoms with Crippen LogP contribution < -0.4 is 26.6 Å². The molecule has 0 saturated carbocycles. The van der Waals surface area contributed by atoms with E-state index in [1.807, 2.05) is 52.0 Å². The number of hydrogen-bond acceptors (Lipinski definition) is 6. The lowest BCUT2D eigenvalue weighted by Gasteiger charge is -2.38. The van der Waals surface area contributed by atoms with Crippen LogP contribution in [-0.4, -0.2) is 103 Å². The molecule has 0 spiro atoms. The average molecular weight is 652 g/mol. The van der Waals surface area contributed by atoms with Crippen LogP contribution in [0, 0.1) is 17.3 Å². The van der Waals surface area contributed by atoms with Gasteiger partial charge in [0.15, 0.2) is 0 Å². The smallest absolute Gasteiger partial charge is 0.317 e. The van der Waals surface area contributed by atoms with E-state index in [0.717, 1.165) is 17.5 Å². The third-order valence-electron chi connectivity index (χ3n) is 9.21. The Morgan fingerprint density at radius 1 is 1.06 bits per heavy atom. The number of ketones is 1. The van der Waals surface area contributed by atoms with Crippen LogP contribution in [-0.2, 0) is 32.0 Å². The first-order valence-corrected chi connectivity index (χ1v) is 16.4. The zero-order valence-corrected chi connectivity index (χ0v) is 27.9. The molecule has 3 aliphatic rings. The molecule has 0 bridgehead atoms. The molecular weight excluding hydrogens is 602 g/mol. The van der Waals surface area contributed by atoms with Crippen LogP contribution >= 0.6 is 0 Å². The van der Waals surface area contributed by atoms with Gasteiger partial charge in [-0.1, -0.05) is 58.0 Å². The van der Waals surface area contributed by atoms with E-state index in [1.165, 1.54) is 11.0 Å². The third-order valence-corrected chi connectivity index (χ3v) is 9.21. The lowest BCUT2D eigenvalue weighted by molar-refractivity contribution is -0.141. The van der Waals surface area contributed by atoms with Gasteiger partial charge in [0.05, 0.1) is 12.6 Å². The van der Waals surface area contributed by atoms with Crippen LogP contribution in [0.4, 0.5) is 9.59 Å². The molecule has 13 heteroatoms. The summed E-state index contributed by atoms with van der Waals surface area (Å²) in [5.41, 5.74) is 1.82. The molecule has 2 fully saturated rings. The maximum Gasteiger partial charge on any atom is 0.317 e. The molecule has 4 atom stereocenters. The van der Waals surface area contributed by atoms with E-state index in [1.54, 1.807) is 4.90 Å². The molecule has 0 radical (unpaired) electrons. The molecule has 256 valence electrons. The number of carbonyl (C=O) groups excluding carboxylic acids is 6. The van der Waals surface area contributed by atoms with E-state index in [9.17, 15) is 28.8 Å². The zero-order valence-electron chi connectivity index (χ0n) is 27.9. The molecule has 5 N–H and O–H groups in total. The maximum atomic E-state index is 14.4. The minimum atomic E-state index is -0.937. The number of benzene rings is 1. The number of fused-ring (bicyclic) bond motifs is 1. The molecule has 0 unspecified atom stereocenters. The van der Waals surface area contributed by atoms with Gasteiger partial charge in [-0.2, -0.15) is 0 Å². The Balaban J connectivity index is 1.51. The van der Waals surface area contributed by atoms with Crippen molar-refractivity contribution in [2.75, 3.05) is 39.3 Å². The summed E-state index contributed by atoms with van der Waals surface area (Å²) in [5.74, 6) is -2.79. The van der Waals surface area contributed by atoms with Crippen LogP contribution in [0.1, 0.15) is 51.7 Å². The predicted octanol–water partition coefficient (Wildman–Crippen LogP) is 1.12. The van der Waals surface area contributed by atoms with Crippen molar-refractivity contribution in [2.45, 2.75) is 71.5 Å². The molecule has 1 aromatic rings.